The van der Waals surface area contributed by atoms with Gasteiger partial charge < -0.3 is 9.15 Å². The van der Waals surface area contributed by atoms with Crippen molar-refractivity contribution >= 4 is 43.0 Å². The van der Waals surface area contributed by atoms with Crippen LogP contribution in [0, 0.1) is 0 Å². The van der Waals surface area contributed by atoms with Crippen LogP contribution in [0.25, 0.3) is 22.6 Å². The summed E-state index contributed by atoms with van der Waals surface area (Å²) in [4.78, 5) is 4.47. The van der Waals surface area contributed by atoms with Crippen molar-refractivity contribution in [3.63, 3.8) is 0 Å². The first kappa shape index (κ1) is 12.7. The fourth-order valence-corrected chi connectivity index (χ4v) is 3.38. The monoisotopic (exact) mass is 381 g/mol. The van der Waals surface area contributed by atoms with Crippen LogP contribution < -0.4 is 4.74 Å². The van der Waals surface area contributed by atoms with Crippen LogP contribution in [0.3, 0.4) is 0 Å². The van der Waals surface area contributed by atoms with E-state index in [0.29, 0.717) is 5.89 Å². The maximum atomic E-state index is 5.74. The molecular formula is C14H9Br2NO2. The number of benzene rings is 2. The zero-order chi connectivity index (χ0) is 13.4. The molecule has 0 bridgehead atoms. The predicted octanol–water partition coefficient (Wildman–Crippen LogP) is 5.03. The number of halogens is 2. The fraction of sp³-hybridized carbons (Fsp3) is 0.0714. The second-order valence-corrected chi connectivity index (χ2v) is 5.67. The van der Waals surface area contributed by atoms with Crippen LogP contribution in [0.15, 0.2) is 49.8 Å². The Balaban J connectivity index is 2.16. The molecule has 3 rings (SSSR count). The minimum absolute atomic E-state index is 0.588. The van der Waals surface area contributed by atoms with Gasteiger partial charge >= 0.3 is 0 Å². The average Bonchev–Trinajstić information content (AvgIpc) is 2.82. The lowest BCUT2D eigenvalue weighted by Crippen LogP contribution is -1.87. The topological polar surface area (TPSA) is 35.3 Å². The minimum Gasteiger partial charge on any atom is -0.494 e. The molecule has 0 aliphatic heterocycles. The lowest BCUT2D eigenvalue weighted by Gasteiger charge is -2.07. The lowest BCUT2D eigenvalue weighted by molar-refractivity contribution is 0.409. The molecule has 1 aromatic heterocycles. The van der Waals surface area contributed by atoms with Crippen LogP contribution in [-0.2, 0) is 0 Å². The number of fused-ring (bicyclic) bond motifs is 1. The highest BCUT2D eigenvalue weighted by Crippen LogP contribution is 2.38. The summed E-state index contributed by atoms with van der Waals surface area (Å²) < 4.78 is 12.7. The van der Waals surface area contributed by atoms with Gasteiger partial charge in [0.05, 0.1) is 16.1 Å². The molecule has 0 aliphatic carbocycles. The van der Waals surface area contributed by atoms with Crippen LogP contribution in [-0.4, -0.2) is 12.1 Å². The summed E-state index contributed by atoms with van der Waals surface area (Å²) in [6.07, 6.45) is 0. The van der Waals surface area contributed by atoms with E-state index >= 15 is 0 Å². The number of oxazole rings is 1. The lowest BCUT2D eigenvalue weighted by atomic mass is 10.2. The molecule has 2 aromatic carbocycles. The molecule has 0 amide bonds. The molecule has 0 N–H and O–H groups in total. The van der Waals surface area contributed by atoms with Crippen molar-refractivity contribution in [1.29, 1.82) is 0 Å². The SMILES string of the molecule is COc1c(Br)cc(-c2nc3ccccc3o2)cc1Br. The summed E-state index contributed by atoms with van der Waals surface area (Å²) in [6.45, 7) is 0. The van der Waals surface area contributed by atoms with Gasteiger partial charge in [-0.2, -0.15) is 0 Å². The second-order valence-electron chi connectivity index (χ2n) is 3.96. The van der Waals surface area contributed by atoms with Crippen LogP contribution in [0.5, 0.6) is 5.75 Å². The zero-order valence-corrected chi connectivity index (χ0v) is 13.2. The molecule has 3 aromatic rings. The molecule has 3 nitrogen and oxygen atoms in total. The second kappa shape index (κ2) is 4.98. The van der Waals surface area contributed by atoms with E-state index in [4.69, 9.17) is 9.15 Å². The van der Waals surface area contributed by atoms with E-state index in [9.17, 15) is 0 Å². The normalized spacial score (nSPS) is 10.9. The molecule has 0 aliphatic rings. The average molecular weight is 383 g/mol. The molecular weight excluding hydrogens is 374 g/mol. The number of aromatic nitrogens is 1. The van der Waals surface area contributed by atoms with E-state index in [2.05, 4.69) is 36.8 Å². The molecule has 1 heterocycles. The molecule has 5 heteroatoms. The third kappa shape index (κ3) is 2.28. The Bertz CT molecular complexity index is 696. The van der Waals surface area contributed by atoms with Crippen LogP contribution in [0.1, 0.15) is 0 Å². The van der Waals surface area contributed by atoms with Gasteiger partial charge in [0.2, 0.25) is 5.89 Å². The summed E-state index contributed by atoms with van der Waals surface area (Å²) in [5.74, 6) is 1.34. The number of nitrogens with zero attached hydrogens (tertiary/aromatic N) is 1. The smallest absolute Gasteiger partial charge is 0.227 e. The van der Waals surface area contributed by atoms with Crippen molar-refractivity contribution in [2.75, 3.05) is 7.11 Å². The first-order valence-corrected chi connectivity index (χ1v) is 7.16. The third-order valence-corrected chi connectivity index (χ3v) is 3.92. The Morgan fingerprint density at radius 1 is 1.11 bits per heavy atom. The molecule has 0 unspecified atom stereocenters. The van der Waals surface area contributed by atoms with Gasteiger partial charge in [-0.25, -0.2) is 4.98 Å². The van der Waals surface area contributed by atoms with E-state index in [1.54, 1.807) is 7.11 Å². The maximum Gasteiger partial charge on any atom is 0.227 e. The van der Waals surface area contributed by atoms with Crippen molar-refractivity contribution in [2.24, 2.45) is 0 Å². The Kier molecular flexibility index (Phi) is 3.33. The zero-order valence-electron chi connectivity index (χ0n) is 9.98. The summed E-state index contributed by atoms with van der Waals surface area (Å²) in [6, 6.07) is 11.5. The van der Waals surface area contributed by atoms with E-state index in [1.165, 1.54) is 0 Å². The van der Waals surface area contributed by atoms with Gasteiger partial charge in [-0.3, -0.25) is 0 Å². The first-order chi connectivity index (χ1) is 9.19. The molecule has 0 fully saturated rings. The summed E-state index contributed by atoms with van der Waals surface area (Å²) >= 11 is 6.95. The molecule has 0 saturated heterocycles. The first-order valence-electron chi connectivity index (χ1n) is 5.58. The van der Waals surface area contributed by atoms with Gasteiger partial charge in [-0.1, -0.05) is 12.1 Å². The van der Waals surface area contributed by atoms with Gasteiger partial charge in [0.25, 0.3) is 0 Å². The Hall–Kier alpha value is -1.33. The third-order valence-electron chi connectivity index (χ3n) is 2.74. The molecule has 0 saturated carbocycles. The largest absolute Gasteiger partial charge is 0.494 e. The number of hydrogen-bond acceptors (Lipinski definition) is 3. The molecule has 0 atom stereocenters. The van der Waals surface area contributed by atoms with E-state index in [-0.39, 0.29) is 0 Å². The predicted molar refractivity (Wildman–Crippen MR) is 81.4 cm³/mol. The van der Waals surface area contributed by atoms with E-state index < -0.39 is 0 Å². The maximum absolute atomic E-state index is 5.74. The van der Waals surface area contributed by atoms with Crippen molar-refractivity contribution < 1.29 is 9.15 Å². The number of hydrogen-bond donors (Lipinski definition) is 0. The molecule has 0 radical (unpaired) electrons. The Morgan fingerprint density at radius 3 is 2.42 bits per heavy atom. The van der Waals surface area contributed by atoms with Crippen molar-refractivity contribution in [2.45, 2.75) is 0 Å². The van der Waals surface area contributed by atoms with Crippen LogP contribution >= 0.6 is 31.9 Å². The Labute approximate surface area is 126 Å². The van der Waals surface area contributed by atoms with Crippen molar-refractivity contribution in [1.82, 2.24) is 4.98 Å². The van der Waals surface area contributed by atoms with Crippen molar-refractivity contribution in [3.05, 3.63) is 45.3 Å². The van der Waals surface area contributed by atoms with Crippen LogP contribution in [0.4, 0.5) is 0 Å². The number of methoxy groups -OCH3 is 1. The van der Waals surface area contributed by atoms with Gasteiger partial charge in [-0.15, -0.1) is 0 Å². The van der Waals surface area contributed by atoms with Crippen molar-refractivity contribution in [3.8, 4) is 17.2 Å². The van der Waals surface area contributed by atoms with Crippen LogP contribution in [0.2, 0.25) is 0 Å². The quantitative estimate of drug-likeness (QED) is 0.623. The van der Waals surface area contributed by atoms with Gasteiger partial charge in [0.15, 0.2) is 5.58 Å². The number of rotatable bonds is 2. The summed E-state index contributed by atoms with van der Waals surface area (Å²) in [5.41, 5.74) is 2.51. The Morgan fingerprint density at radius 2 is 1.79 bits per heavy atom. The summed E-state index contributed by atoms with van der Waals surface area (Å²) in [5, 5.41) is 0. The minimum atomic E-state index is 0.588. The highest BCUT2D eigenvalue weighted by Gasteiger charge is 2.13. The molecule has 96 valence electrons. The van der Waals surface area contributed by atoms with Gasteiger partial charge in [-0.05, 0) is 56.1 Å². The highest BCUT2D eigenvalue weighted by atomic mass is 79.9. The fourth-order valence-electron chi connectivity index (χ4n) is 1.87. The highest BCUT2D eigenvalue weighted by molar-refractivity contribution is 9.11. The molecule has 19 heavy (non-hydrogen) atoms. The molecule has 0 spiro atoms. The summed E-state index contributed by atoms with van der Waals surface area (Å²) in [7, 11) is 1.63. The number of ether oxygens (including phenoxy) is 1. The van der Waals surface area contributed by atoms with E-state index in [1.807, 2.05) is 36.4 Å². The van der Waals surface area contributed by atoms with Gasteiger partial charge in [0.1, 0.15) is 11.3 Å². The number of para-hydroxylation sites is 2. The van der Waals surface area contributed by atoms with E-state index in [0.717, 1.165) is 31.4 Å². The van der Waals surface area contributed by atoms with Gasteiger partial charge in [0, 0.05) is 5.56 Å². The standard InChI is InChI=1S/C14H9Br2NO2/c1-18-13-9(15)6-8(7-10(13)16)14-17-11-4-2-3-5-12(11)19-14/h2-7H,1H3.